The van der Waals surface area contributed by atoms with Gasteiger partial charge in [-0.25, -0.2) is 0 Å². The molecule has 512 valence electrons. The van der Waals surface area contributed by atoms with E-state index in [-0.39, 0.29) is 20.1 Å². The molecule has 0 unspecified atom stereocenters. The zero-order valence-electron chi connectivity index (χ0n) is 60.7. The summed E-state index contributed by atoms with van der Waals surface area (Å²) in [6.45, 7) is 12.8. The van der Waals surface area contributed by atoms with Gasteiger partial charge in [-0.15, -0.1) is 0 Å². The van der Waals surface area contributed by atoms with Crippen molar-refractivity contribution in [2.45, 2.75) is 41.5 Å². The van der Waals surface area contributed by atoms with E-state index in [2.05, 4.69) is 387 Å². The van der Waals surface area contributed by atoms with E-state index in [0.29, 0.717) is 0 Å². The fourth-order valence-electron chi connectivity index (χ4n) is 18.7. The Morgan fingerprint density at radius 1 is 0.241 bits per heavy atom. The summed E-state index contributed by atoms with van der Waals surface area (Å²) in [6.07, 6.45) is 0. The van der Waals surface area contributed by atoms with Crippen LogP contribution in [0.3, 0.4) is 0 Å². The van der Waals surface area contributed by atoms with Crippen LogP contribution in [0.1, 0.15) is 33.4 Å². The van der Waals surface area contributed by atoms with Crippen LogP contribution < -0.4 is 93.2 Å². The number of nitrogens with zero attached hydrogens (tertiary/aromatic N) is 5. The first-order valence-corrected chi connectivity index (χ1v) is 37.4. The molecule has 9 nitrogen and oxygen atoms in total. The van der Waals surface area contributed by atoms with Gasteiger partial charge in [-0.05, 0) is 217 Å². The molecule has 0 aliphatic carbocycles. The molecule has 0 radical (unpaired) electrons. The Hall–Kier alpha value is -13.3. The van der Waals surface area contributed by atoms with Crippen molar-refractivity contribution in [2.75, 3.05) is 29.8 Å². The number of hydrogen-bond donors (Lipinski definition) is 1. The van der Waals surface area contributed by atoms with Crippen LogP contribution in [-0.2, 0) is 0 Å². The molecule has 0 bridgehead atoms. The lowest BCUT2D eigenvalue weighted by molar-refractivity contribution is 0.465. The Kier molecular flexibility index (Phi) is 14.4. The second-order valence-electron chi connectivity index (χ2n) is 29.6. The van der Waals surface area contributed by atoms with E-state index >= 15 is 0 Å². The minimum absolute atomic E-state index is 0.213. The van der Waals surface area contributed by atoms with E-state index < -0.39 is 0 Å². The molecule has 12 heteroatoms. The summed E-state index contributed by atoms with van der Waals surface area (Å²) in [7, 11) is 0. The van der Waals surface area contributed by atoms with Crippen molar-refractivity contribution < 1.29 is 14.2 Å². The molecule has 21 rings (SSSR count). The van der Waals surface area contributed by atoms with Crippen molar-refractivity contribution in [1.29, 1.82) is 0 Å². The molecule has 15 aromatic carbocycles. The number of fused-ring (bicyclic) bond motifs is 12. The minimum atomic E-state index is -0.344. The lowest BCUT2D eigenvalue weighted by Gasteiger charge is -2.47. The molecule has 0 spiro atoms. The maximum absolute atomic E-state index is 7.77. The van der Waals surface area contributed by atoms with Crippen LogP contribution in [0.25, 0.3) is 0 Å². The molecular formula is C96H71B3N6O3. The molecule has 0 aromatic heterocycles. The van der Waals surface area contributed by atoms with Crippen LogP contribution in [0.2, 0.25) is 0 Å². The summed E-state index contributed by atoms with van der Waals surface area (Å²) in [5.74, 6) is 4.78. The minimum Gasteiger partial charge on any atom is -0.458 e. The number of rotatable bonds is 11. The van der Waals surface area contributed by atoms with Crippen molar-refractivity contribution >= 4 is 166 Å². The Labute approximate surface area is 631 Å². The molecule has 0 amide bonds. The molecule has 6 aliphatic heterocycles. The van der Waals surface area contributed by atoms with Crippen LogP contribution in [0.4, 0.5) is 96.7 Å². The highest BCUT2D eigenvalue weighted by molar-refractivity contribution is 7.04. The number of ether oxygens (including phenoxy) is 3. The third-order valence-electron chi connectivity index (χ3n) is 22.7. The second kappa shape index (κ2) is 24.7. The normalized spacial score (nSPS) is 13.1. The van der Waals surface area contributed by atoms with Crippen molar-refractivity contribution in [3.8, 4) is 34.5 Å². The predicted molar refractivity (Wildman–Crippen MR) is 452 cm³/mol. The van der Waals surface area contributed by atoms with E-state index in [0.717, 1.165) is 158 Å². The topological polar surface area (TPSA) is 55.9 Å². The molecule has 1 N–H and O–H groups in total. The summed E-state index contributed by atoms with van der Waals surface area (Å²) < 4.78 is 22.2. The molecule has 0 atom stereocenters. The first-order valence-electron chi connectivity index (χ1n) is 37.4. The standard InChI is InChI=1S/C96H71B3N6O3/c1-59-45-61(3)95(62(4)46-59)104-82-57-80-76(97-74-41-25-27-43-86(74)106-89-52-71(49-81(100-80)92(89)97)101(65-29-13-7-14-30-65)66-31-15-8-16-32-66)55-77(82)99-78-56-79-88(108-91-54-73(53-90-94(91)98(79)75-42-26-28-44-87(75)107-90)103(69-37-21-11-22-38-69)70-39-23-12-24-40-70)58-83(78)105(96-63(5)47-60(2)48-64(96)6)85-51-72(50-84(104)93(85)99)102(67-33-17-9-18-34-67)68-35-19-10-20-36-68/h7-58,100H,1-6H3. The monoisotopic (exact) mass is 1390 g/mol. The predicted octanol–water partition coefficient (Wildman–Crippen LogP) is 19.4. The van der Waals surface area contributed by atoms with Crippen LogP contribution in [0, 0.1) is 41.5 Å². The molecule has 0 saturated heterocycles. The highest BCUT2D eigenvalue weighted by Crippen LogP contribution is 2.53. The van der Waals surface area contributed by atoms with Gasteiger partial charge in [0.25, 0.3) is 20.1 Å². The van der Waals surface area contributed by atoms with Crippen molar-refractivity contribution in [3.63, 3.8) is 0 Å². The molecule has 15 aromatic rings. The van der Waals surface area contributed by atoms with Gasteiger partial charge in [-0.1, -0.05) is 193 Å². The molecule has 6 aliphatic rings. The maximum atomic E-state index is 7.77. The highest BCUT2D eigenvalue weighted by Gasteiger charge is 2.50. The maximum Gasteiger partial charge on any atom is 0.260 e. The lowest BCUT2D eigenvalue weighted by Crippen LogP contribution is -2.65. The number of anilines is 17. The third-order valence-corrected chi connectivity index (χ3v) is 22.7. The largest absolute Gasteiger partial charge is 0.458 e. The second-order valence-corrected chi connectivity index (χ2v) is 29.6. The summed E-state index contributed by atoms with van der Waals surface area (Å²) in [5.41, 5.74) is 35.0. The van der Waals surface area contributed by atoms with Crippen LogP contribution >= 0.6 is 0 Å². The van der Waals surface area contributed by atoms with Crippen LogP contribution in [-0.4, -0.2) is 20.1 Å². The van der Waals surface area contributed by atoms with E-state index in [4.69, 9.17) is 14.2 Å². The zero-order valence-corrected chi connectivity index (χ0v) is 60.7. The van der Waals surface area contributed by atoms with Gasteiger partial charge in [0.15, 0.2) is 0 Å². The fourth-order valence-corrected chi connectivity index (χ4v) is 18.7. The fraction of sp³-hybridized carbons (Fsp3) is 0.0625. The van der Waals surface area contributed by atoms with Gasteiger partial charge in [0.2, 0.25) is 0 Å². The van der Waals surface area contributed by atoms with E-state index in [1.54, 1.807) is 0 Å². The molecule has 108 heavy (non-hydrogen) atoms. The van der Waals surface area contributed by atoms with Crippen molar-refractivity contribution in [2.24, 2.45) is 0 Å². The number of benzene rings is 15. The van der Waals surface area contributed by atoms with Crippen molar-refractivity contribution in [1.82, 2.24) is 0 Å². The Morgan fingerprint density at radius 2 is 0.574 bits per heavy atom. The summed E-state index contributed by atoms with van der Waals surface area (Å²) >= 11 is 0. The van der Waals surface area contributed by atoms with Gasteiger partial charge >= 0.3 is 0 Å². The molecule has 0 saturated carbocycles. The SMILES string of the molecule is Cc1cc(C)c(N2c3cc4c(cc3B3c5cc6c(cc5N(c5c(C)cc(C)cc5C)c5cc(N(c7ccccc7)c7ccccc7)cc2c53)Oc2cc(N(c3ccccc3)c3ccccc3)cc3c2B6c2ccccc2O3)B2c3ccccc3Oc3cc(N(c5ccccc5)c5ccccc5)cc(c32)N4)c(C)c1. The van der Waals surface area contributed by atoms with Crippen molar-refractivity contribution in [3.05, 3.63) is 349 Å². The van der Waals surface area contributed by atoms with Gasteiger partial charge in [0, 0.05) is 98.0 Å². The highest BCUT2D eigenvalue weighted by atomic mass is 16.5. The molecule has 0 fully saturated rings. The summed E-state index contributed by atoms with van der Waals surface area (Å²) in [6, 6.07) is 115. The number of nitrogens with one attached hydrogen (secondary N) is 1. The van der Waals surface area contributed by atoms with Crippen LogP contribution in [0.15, 0.2) is 315 Å². The summed E-state index contributed by atoms with van der Waals surface area (Å²) in [4.78, 5) is 12.3. The van der Waals surface area contributed by atoms with Crippen LogP contribution in [0.5, 0.6) is 34.5 Å². The summed E-state index contributed by atoms with van der Waals surface area (Å²) in [5, 5.41) is 4.22. The zero-order chi connectivity index (χ0) is 72.2. The van der Waals surface area contributed by atoms with Gasteiger partial charge in [0.05, 0.1) is 28.4 Å². The molecule has 6 heterocycles. The number of aryl methyl sites for hydroxylation is 6. The van der Waals surface area contributed by atoms with Gasteiger partial charge in [-0.3, -0.25) is 0 Å². The van der Waals surface area contributed by atoms with Gasteiger partial charge < -0.3 is 44.0 Å². The smallest absolute Gasteiger partial charge is 0.260 e. The van der Waals surface area contributed by atoms with E-state index in [1.165, 1.54) is 55.2 Å². The molecular weight excluding hydrogens is 1320 g/mol. The number of para-hydroxylation sites is 8. The third kappa shape index (κ3) is 9.89. The average molecular weight is 1390 g/mol. The van der Waals surface area contributed by atoms with Gasteiger partial charge in [0.1, 0.15) is 34.5 Å². The Bertz CT molecular complexity index is 5710. The number of hydrogen-bond acceptors (Lipinski definition) is 9. The van der Waals surface area contributed by atoms with Gasteiger partial charge in [-0.2, -0.15) is 0 Å². The quantitative estimate of drug-likeness (QED) is 0.128. The first-order chi connectivity index (χ1) is 53.0. The average Bonchev–Trinajstić information content (AvgIpc) is 0.682. The first kappa shape index (κ1) is 63.2. The van der Waals surface area contributed by atoms with E-state index in [9.17, 15) is 0 Å². The Balaban J connectivity index is 0.867. The van der Waals surface area contributed by atoms with E-state index in [1.807, 2.05) is 0 Å². The lowest BCUT2D eigenvalue weighted by atomic mass is 9.29. The Morgan fingerprint density at radius 3 is 1.00 bits per heavy atom.